The standard InChI is InChI=1S/C13H22N2OS/c1-3-6-13(11-17,7-4-2)10-15-9-5-8-14-12(15)16/h5,8-9,17H,3-4,6-7,10-11H2,1-2H3. The zero-order chi connectivity index (χ0) is 12.7. The number of hydrogen-bond donors (Lipinski definition) is 1. The highest BCUT2D eigenvalue weighted by Crippen LogP contribution is 2.32. The van der Waals surface area contributed by atoms with Crippen LogP contribution in [0.25, 0.3) is 0 Å². The van der Waals surface area contributed by atoms with Crippen LogP contribution in [0.5, 0.6) is 0 Å². The van der Waals surface area contributed by atoms with Crippen molar-refractivity contribution in [3.63, 3.8) is 0 Å². The van der Waals surface area contributed by atoms with E-state index in [-0.39, 0.29) is 11.1 Å². The van der Waals surface area contributed by atoms with Gasteiger partial charge in [-0.3, -0.25) is 4.57 Å². The summed E-state index contributed by atoms with van der Waals surface area (Å²) < 4.78 is 1.71. The lowest BCUT2D eigenvalue weighted by Crippen LogP contribution is -2.34. The first kappa shape index (κ1) is 14.3. The lowest BCUT2D eigenvalue weighted by molar-refractivity contribution is 0.227. The summed E-state index contributed by atoms with van der Waals surface area (Å²) in [6.07, 6.45) is 7.81. The molecule has 1 heterocycles. The van der Waals surface area contributed by atoms with Crippen molar-refractivity contribution in [3.05, 3.63) is 28.9 Å². The molecule has 0 saturated carbocycles. The monoisotopic (exact) mass is 254 g/mol. The normalized spacial score (nSPS) is 11.7. The van der Waals surface area contributed by atoms with Gasteiger partial charge in [0.2, 0.25) is 0 Å². The van der Waals surface area contributed by atoms with Gasteiger partial charge in [0.15, 0.2) is 0 Å². The topological polar surface area (TPSA) is 34.9 Å². The fraction of sp³-hybridized carbons (Fsp3) is 0.692. The highest BCUT2D eigenvalue weighted by atomic mass is 32.1. The van der Waals surface area contributed by atoms with Crippen molar-refractivity contribution < 1.29 is 0 Å². The van der Waals surface area contributed by atoms with Crippen LogP contribution in [0.1, 0.15) is 39.5 Å². The van der Waals surface area contributed by atoms with E-state index < -0.39 is 0 Å². The molecular formula is C13H22N2OS. The van der Waals surface area contributed by atoms with Crippen LogP contribution in [0.15, 0.2) is 23.3 Å². The van der Waals surface area contributed by atoms with Crippen LogP contribution < -0.4 is 5.69 Å². The van der Waals surface area contributed by atoms with Crippen LogP contribution in [0, 0.1) is 5.41 Å². The third-order valence-electron chi connectivity index (χ3n) is 3.18. The van der Waals surface area contributed by atoms with E-state index in [2.05, 4.69) is 31.5 Å². The Labute approximate surface area is 109 Å². The molecule has 0 radical (unpaired) electrons. The minimum atomic E-state index is -0.161. The summed E-state index contributed by atoms with van der Waals surface area (Å²) in [7, 11) is 0. The van der Waals surface area contributed by atoms with E-state index in [1.807, 2.05) is 12.3 Å². The summed E-state index contributed by atoms with van der Waals surface area (Å²) in [6.45, 7) is 5.09. The molecule has 96 valence electrons. The van der Waals surface area contributed by atoms with Gasteiger partial charge >= 0.3 is 5.69 Å². The van der Waals surface area contributed by atoms with Gasteiger partial charge in [0.05, 0.1) is 0 Å². The van der Waals surface area contributed by atoms with Crippen molar-refractivity contribution in [2.75, 3.05) is 5.75 Å². The summed E-state index contributed by atoms with van der Waals surface area (Å²) in [5.41, 5.74) is -0.0368. The summed E-state index contributed by atoms with van der Waals surface area (Å²) in [5, 5.41) is 0. The number of nitrogens with zero attached hydrogens (tertiary/aromatic N) is 2. The minimum Gasteiger partial charge on any atom is -0.299 e. The molecule has 17 heavy (non-hydrogen) atoms. The van der Waals surface area contributed by atoms with Crippen LogP contribution in [0.4, 0.5) is 0 Å². The molecule has 0 saturated heterocycles. The maximum absolute atomic E-state index is 11.6. The fourth-order valence-corrected chi connectivity index (χ4v) is 2.84. The Hall–Kier alpha value is -0.770. The Morgan fingerprint density at radius 3 is 2.47 bits per heavy atom. The molecule has 0 aliphatic heterocycles. The fourth-order valence-electron chi connectivity index (χ4n) is 2.42. The Bertz CT molecular complexity index is 383. The molecule has 0 fully saturated rings. The summed E-state index contributed by atoms with van der Waals surface area (Å²) in [5.74, 6) is 0.815. The van der Waals surface area contributed by atoms with Crippen LogP contribution >= 0.6 is 12.6 Å². The molecule has 0 unspecified atom stereocenters. The van der Waals surface area contributed by atoms with Gasteiger partial charge in [0.1, 0.15) is 0 Å². The molecule has 0 N–H and O–H groups in total. The number of thiol groups is 1. The van der Waals surface area contributed by atoms with Gasteiger partial charge in [-0.15, -0.1) is 0 Å². The summed E-state index contributed by atoms with van der Waals surface area (Å²) in [6, 6.07) is 1.81. The number of hydrogen-bond acceptors (Lipinski definition) is 3. The van der Waals surface area contributed by atoms with Crippen LogP contribution in [-0.2, 0) is 6.54 Å². The molecule has 4 heteroatoms. The third kappa shape index (κ3) is 3.87. The molecule has 0 atom stereocenters. The van der Waals surface area contributed by atoms with Gasteiger partial charge in [-0.2, -0.15) is 12.6 Å². The van der Waals surface area contributed by atoms with Crippen molar-refractivity contribution in [2.45, 2.75) is 46.1 Å². The number of rotatable bonds is 7. The average Bonchev–Trinajstić information content (AvgIpc) is 2.33. The van der Waals surface area contributed by atoms with E-state index >= 15 is 0 Å². The Morgan fingerprint density at radius 2 is 2.00 bits per heavy atom. The predicted octanol–water partition coefficient (Wildman–Crippen LogP) is 2.76. The largest absolute Gasteiger partial charge is 0.347 e. The molecule has 1 rings (SSSR count). The van der Waals surface area contributed by atoms with Gasteiger partial charge in [0, 0.05) is 18.9 Å². The Balaban J connectivity index is 2.92. The average molecular weight is 254 g/mol. The summed E-state index contributed by atoms with van der Waals surface area (Å²) in [4.78, 5) is 15.4. The van der Waals surface area contributed by atoms with Gasteiger partial charge in [-0.05, 0) is 30.1 Å². The first-order valence-corrected chi connectivity index (χ1v) is 6.93. The highest BCUT2D eigenvalue weighted by molar-refractivity contribution is 7.80. The Morgan fingerprint density at radius 1 is 1.35 bits per heavy atom. The maximum Gasteiger partial charge on any atom is 0.347 e. The quantitative estimate of drug-likeness (QED) is 0.759. The molecule has 0 aliphatic carbocycles. The lowest BCUT2D eigenvalue weighted by Gasteiger charge is -2.32. The maximum atomic E-state index is 11.6. The number of aromatic nitrogens is 2. The minimum absolute atomic E-state index is 0.124. The lowest BCUT2D eigenvalue weighted by atomic mass is 9.81. The predicted molar refractivity (Wildman–Crippen MR) is 74.6 cm³/mol. The first-order chi connectivity index (χ1) is 8.17. The van der Waals surface area contributed by atoms with E-state index in [0.29, 0.717) is 0 Å². The molecule has 1 aromatic heterocycles. The van der Waals surface area contributed by atoms with Crippen LogP contribution in [0.3, 0.4) is 0 Å². The van der Waals surface area contributed by atoms with Crippen molar-refractivity contribution in [1.82, 2.24) is 9.55 Å². The smallest absolute Gasteiger partial charge is 0.299 e. The van der Waals surface area contributed by atoms with Gasteiger partial charge < -0.3 is 0 Å². The zero-order valence-electron chi connectivity index (χ0n) is 10.7. The van der Waals surface area contributed by atoms with E-state index in [1.54, 1.807) is 10.8 Å². The summed E-state index contributed by atoms with van der Waals surface area (Å²) >= 11 is 4.50. The van der Waals surface area contributed by atoms with E-state index in [4.69, 9.17) is 0 Å². The zero-order valence-corrected chi connectivity index (χ0v) is 11.6. The molecule has 3 nitrogen and oxygen atoms in total. The van der Waals surface area contributed by atoms with Gasteiger partial charge in [-0.1, -0.05) is 26.7 Å². The molecule has 0 aliphatic rings. The van der Waals surface area contributed by atoms with Crippen molar-refractivity contribution in [3.8, 4) is 0 Å². The van der Waals surface area contributed by atoms with Gasteiger partial charge in [0.25, 0.3) is 0 Å². The molecule has 0 spiro atoms. The second-order valence-electron chi connectivity index (χ2n) is 4.69. The van der Waals surface area contributed by atoms with E-state index in [1.165, 1.54) is 0 Å². The van der Waals surface area contributed by atoms with Crippen molar-refractivity contribution >= 4 is 12.6 Å². The SMILES string of the molecule is CCCC(CS)(CCC)Cn1cccnc1=O. The van der Waals surface area contributed by atoms with E-state index in [0.717, 1.165) is 38.0 Å². The van der Waals surface area contributed by atoms with Crippen LogP contribution in [0.2, 0.25) is 0 Å². The molecule has 0 amide bonds. The Kier molecular flexibility index (Phi) is 5.75. The second kappa shape index (κ2) is 6.84. The molecular weight excluding hydrogens is 232 g/mol. The molecule has 0 bridgehead atoms. The second-order valence-corrected chi connectivity index (χ2v) is 5.00. The van der Waals surface area contributed by atoms with Crippen LogP contribution in [-0.4, -0.2) is 15.3 Å². The van der Waals surface area contributed by atoms with Gasteiger partial charge in [-0.25, -0.2) is 9.78 Å². The highest BCUT2D eigenvalue weighted by Gasteiger charge is 2.27. The van der Waals surface area contributed by atoms with Crippen molar-refractivity contribution in [1.29, 1.82) is 0 Å². The van der Waals surface area contributed by atoms with Crippen molar-refractivity contribution in [2.24, 2.45) is 5.41 Å². The molecule has 0 aromatic carbocycles. The molecule has 1 aromatic rings. The third-order valence-corrected chi connectivity index (χ3v) is 3.86. The van der Waals surface area contributed by atoms with E-state index in [9.17, 15) is 4.79 Å². The first-order valence-electron chi connectivity index (χ1n) is 6.30.